The molecule has 1 nitrogen and oxygen atoms in total. The van der Waals surface area contributed by atoms with Crippen LogP contribution in [0.2, 0.25) is 0 Å². The molecular formula is C9H9F2N. The van der Waals surface area contributed by atoms with Crippen molar-refractivity contribution in [3.63, 3.8) is 0 Å². The number of nitriles is 1. The molecule has 0 aliphatic carbocycles. The smallest absolute Gasteiger partial charge is 0.139 e. The van der Waals surface area contributed by atoms with E-state index in [0.717, 1.165) is 6.08 Å². The Morgan fingerprint density at radius 1 is 1.42 bits per heavy atom. The molecule has 64 valence electrons. The Kier molecular flexibility index (Phi) is 4.62. The molecule has 0 N–H and O–H groups in total. The zero-order valence-corrected chi connectivity index (χ0v) is 6.94. The maximum absolute atomic E-state index is 12.7. The lowest BCUT2D eigenvalue weighted by atomic mass is 10.2. The second kappa shape index (κ2) is 5.25. The van der Waals surface area contributed by atoms with Gasteiger partial charge in [0.05, 0.1) is 11.6 Å². The zero-order chi connectivity index (χ0) is 9.56. The molecule has 0 aromatic carbocycles. The highest BCUT2D eigenvalue weighted by atomic mass is 19.1. The Bertz CT molecular complexity index is 279. The SMILES string of the molecule is C\C=C/C(F)=C\C(F)=C(/C)C#N. The largest absolute Gasteiger partial charge is 0.207 e. The van der Waals surface area contributed by atoms with Crippen LogP contribution in [0.25, 0.3) is 0 Å². The van der Waals surface area contributed by atoms with Crippen LogP contribution in [0.3, 0.4) is 0 Å². The molecular weight excluding hydrogens is 160 g/mol. The number of hydrogen-bond acceptors (Lipinski definition) is 1. The summed E-state index contributed by atoms with van der Waals surface area (Å²) in [4.78, 5) is 0. The second-order valence-electron chi connectivity index (χ2n) is 2.11. The predicted molar refractivity (Wildman–Crippen MR) is 43.4 cm³/mol. The zero-order valence-electron chi connectivity index (χ0n) is 6.94. The van der Waals surface area contributed by atoms with Crippen molar-refractivity contribution in [2.45, 2.75) is 13.8 Å². The summed E-state index contributed by atoms with van der Waals surface area (Å²) in [5.41, 5.74) is -0.130. The first-order valence-electron chi connectivity index (χ1n) is 3.38. The average molecular weight is 169 g/mol. The van der Waals surface area contributed by atoms with Gasteiger partial charge in [-0.3, -0.25) is 0 Å². The first-order chi connectivity index (χ1) is 5.61. The minimum Gasteiger partial charge on any atom is -0.207 e. The van der Waals surface area contributed by atoms with Crippen molar-refractivity contribution < 1.29 is 8.78 Å². The standard InChI is InChI=1S/C9H9F2N/c1-3-4-8(10)5-9(11)7(2)6-12/h3-5H,1-2H3/b4-3-,8-5+,9-7-. The summed E-state index contributed by atoms with van der Waals surface area (Å²) in [6.45, 7) is 2.90. The fraction of sp³-hybridized carbons (Fsp3) is 0.222. The number of hydrogen-bond donors (Lipinski definition) is 0. The summed E-state index contributed by atoms with van der Waals surface area (Å²) < 4.78 is 25.2. The first kappa shape index (κ1) is 10.6. The van der Waals surface area contributed by atoms with Crippen LogP contribution in [0.15, 0.2) is 35.5 Å². The van der Waals surface area contributed by atoms with Gasteiger partial charge in [0.15, 0.2) is 0 Å². The summed E-state index contributed by atoms with van der Waals surface area (Å²) >= 11 is 0. The molecule has 0 aliphatic rings. The predicted octanol–water partition coefficient (Wildman–Crippen LogP) is 3.18. The molecule has 12 heavy (non-hydrogen) atoms. The summed E-state index contributed by atoms with van der Waals surface area (Å²) in [6, 6.07) is 1.58. The highest BCUT2D eigenvalue weighted by molar-refractivity contribution is 5.31. The third-order valence-corrected chi connectivity index (χ3v) is 1.12. The maximum atomic E-state index is 12.7. The minimum absolute atomic E-state index is 0.130. The van der Waals surface area contributed by atoms with Crippen molar-refractivity contribution in [3.8, 4) is 6.07 Å². The van der Waals surface area contributed by atoms with Gasteiger partial charge in [0.1, 0.15) is 11.7 Å². The van der Waals surface area contributed by atoms with Crippen LogP contribution >= 0.6 is 0 Å². The Morgan fingerprint density at radius 3 is 2.42 bits per heavy atom. The van der Waals surface area contributed by atoms with E-state index in [2.05, 4.69) is 0 Å². The quantitative estimate of drug-likeness (QED) is 0.460. The van der Waals surface area contributed by atoms with E-state index >= 15 is 0 Å². The van der Waals surface area contributed by atoms with E-state index in [1.165, 1.54) is 13.0 Å². The Morgan fingerprint density at radius 2 is 2.00 bits per heavy atom. The molecule has 0 bridgehead atoms. The summed E-state index contributed by atoms with van der Waals surface area (Å²) in [7, 11) is 0. The molecule has 3 heteroatoms. The van der Waals surface area contributed by atoms with Gasteiger partial charge in [0.2, 0.25) is 0 Å². The van der Waals surface area contributed by atoms with Crippen LogP contribution in [0.5, 0.6) is 0 Å². The molecule has 0 amide bonds. The molecule has 0 fully saturated rings. The molecule has 0 spiro atoms. The van der Waals surface area contributed by atoms with Gasteiger partial charge in [-0.15, -0.1) is 0 Å². The van der Waals surface area contributed by atoms with Crippen LogP contribution in [0.4, 0.5) is 8.78 Å². The van der Waals surface area contributed by atoms with Gasteiger partial charge >= 0.3 is 0 Å². The van der Waals surface area contributed by atoms with Crippen LogP contribution in [0.1, 0.15) is 13.8 Å². The number of allylic oxidation sites excluding steroid dienone is 6. The summed E-state index contributed by atoms with van der Waals surface area (Å²) in [5, 5.41) is 8.23. The van der Waals surface area contributed by atoms with Gasteiger partial charge in [-0.25, -0.2) is 8.78 Å². The lowest BCUT2D eigenvalue weighted by Crippen LogP contribution is -1.75. The van der Waals surface area contributed by atoms with Crippen molar-refractivity contribution in [1.82, 2.24) is 0 Å². The molecule has 0 heterocycles. The third kappa shape index (κ3) is 3.67. The third-order valence-electron chi connectivity index (χ3n) is 1.12. The molecule has 0 aromatic rings. The van der Waals surface area contributed by atoms with E-state index in [-0.39, 0.29) is 5.57 Å². The van der Waals surface area contributed by atoms with Crippen molar-refractivity contribution in [2.75, 3.05) is 0 Å². The molecule has 0 unspecified atom stereocenters. The first-order valence-corrected chi connectivity index (χ1v) is 3.38. The summed E-state index contributed by atoms with van der Waals surface area (Å²) in [5.74, 6) is -1.54. The highest BCUT2D eigenvalue weighted by Gasteiger charge is 1.97. The van der Waals surface area contributed by atoms with Crippen LogP contribution in [0, 0.1) is 11.3 Å². The van der Waals surface area contributed by atoms with Crippen molar-refractivity contribution in [3.05, 3.63) is 35.5 Å². The van der Waals surface area contributed by atoms with Crippen molar-refractivity contribution in [1.29, 1.82) is 5.26 Å². The van der Waals surface area contributed by atoms with Crippen molar-refractivity contribution in [2.24, 2.45) is 0 Å². The monoisotopic (exact) mass is 169 g/mol. The van der Waals surface area contributed by atoms with E-state index < -0.39 is 11.7 Å². The van der Waals surface area contributed by atoms with Gasteiger partial charge < -0.3 is 0 Å². The lowest BCUT2D eigenvalue weighted by Gasteiger charge is -1.88. The van der Waals surface area contributed by atoms with E-state index in [1.807, 2.05) is 0 Å². The molecule has 0 aromatic heterocycles. The Balaban J connectivity index is 4.67. The molecule has 0 saturated carbocycles. The molecule has 0 saturated heterocycles. The number of rotatable bonds is 2. The van der Waals surface area contributed by atoms with Gasteiger partial charge in [0.25, 0.3) is 0 Å². The molecule has 0 radical (unpaired) electrons. The minimum atomic E-state index is -0.840. The van der Waals surface area contributed by atoms with Gasteiger partial charge in [-0.1, -0.05) is 6.08 Å². The average Bonchev–Trinajstić information content (AvgIpc) is 2.03. The maximum Gasteiger partial charge on any atom is 0.139 e. The highest BCUT2D eigenvalue weighted by Crippen LogP contribution is 2.10. The topological polar surface area (TPSA) is 23.8 Å². The van der Waals surface area contributed by atoms with Gasteiger partial charge in [-0.05, 0) is 19.9 Å². The van der Waals surface area contributed by atoms with Crippen molar-refractivity contribution >= 4 is 0 Å². The second-order valence-corrected chi connectivity index (χ2v) is 2.11. The normalized spacial score (nSPS) is 14.4. The van der Waals surface area contributed by atoms with Gasteiger partial charge in [0, 0.05) is 6.08 Å². The van der Waals surface area contributed by atoms with E-state index in [0.29, 0.717) is 6.08 Å². The van der Waals surface area contributed by atoms with Gasteiger partial charge in [-0.2, -0.15) is 5.26 Å². The van der Waals surface area contributed by atoms with Crippen LogP contribution in [-0.2, 0) is 0 Å². The fourth-order valence-corrected chi connectivity index (χ4v) is 0.490. The molecule has 0 rings (SSSR count). The Labute approximate surface area is 70.3 Å². The Hall–Kier alpha value is -1.43. The molecule has 0 aliphatic heterocycles. The fourth-order valence-electron chi connectivity index (χ4n) is 0.490. The lowest BCUT2D eigenvalue weighted by molar-refractivity contribution is 0.626. The van der Waals surface area contributed by atoms with E-state index in [9.17, 15) is 8.78 Å². The van der Waals surface area contributed by atoms with Crippen LogP contribution in [-0.4, -0.2) is 0 Å². The summed E-state index contributed by atoms with van der Waals surface area (Å²) in [6.07, 6.45) is 3.24. The molecule has 0 atom stereocenters. The van der Waals surface area contributed by atoms with Crippen LogP contribution < -0.4 is 0 Å². The number of halogens is 2. The number of nitrogens with zero attached hydrogens (tertiary/aromatic N) is 1. The van der Waals surface area contributed by atoms with E-state index in [4.69, 9.17) is 5.26 Å². The van der Waals surface area contributed by atoms with E-state index in [1.54, 1.807) is 13.0 Å².